The van der Waals surface area contributed by atoms with E-state index in [0.29, 0.717) is 40.2 Å². The molecule has 1 saturated heterocycles. The van der Waals surface area contributed by atoms with E-state index in [1.165, 1.54) is 44.8 Å². The van der Waals surface area contributed by atoms with Crippen molar-refractivity contribution in [2.24, 2.45) is 29.6 Å². The molecule has 3 aromatic rings. The van der Waals surface area contributed by atoms with Crippen LogP contribution in [0.15, 0.2) is 29.6 Å². The summed E-state index contributed by atoms with van der Waals surface area (Å²) in [7, 11) is 1.29. The monoisotopic (exact) mass is 836 g/mol. The average molecular weight is 837 g/mol. The van der Waals surface area contributed by atoms with Gasteiger partial charge in [-0.05, 0) is 88.7 Å². The number of rotatable bonds is 17. The van der Waals surface area contributed by atoms with Crippen LogP contribution >= 0.6 is 0 Å². The molecule has 1 aliphatic carbocycles. The number of ketones is 1. The molecule has 0 saturated carbocycles. The van der Waals surface area contributed by atoms with E-state index in [1.54, 1.807) is 0 Å². The van der Waals surface area contributed by atoms with Gasteiger partial charge in [0, 0.05) is 12.0 Å². The van der Waals surface area contributed by atoms with E-state index in [9.17, 15) is 14.4 Å². The molecule has 322 valence electrons. The summed E-state index contributed by atoms with van der Waals surface area (Å²) < 4.78 is 11.0. The number of methoxy groups -OCH3 is 1. The van der Waals surface area contributed by atoms with Crippen LogP contribution in [0, 0.1) is 50.4 Å². The first-order valence-corrected chi connectivity index (χ1v) is 22.2. The van der Waals surface area contributed by atoms with Gasteiger partial charge in [-0.15, -0.1) is 33.5 Å². The maximum absolute atomic E-state index is 14.3. The number of allylic oxidation sites excluding steroid dienone is 3. The van der Waals surface area contributed by atoms with Crippen LogP contribution in [0.2, 0.25) is 0 Å². The number of fused-ring (bicyclic) bond motifs is 7. The first-order valence-electron chi connectivity index (χ1n) is 22.2. The summed E-state index contributed by atoms with van der Waals surface area (Å²) in [6.45, 7) is 23.5. The van der Waals surface area contributed by atoms with Gasteiger partial charge in [-0.3, -0.25) is 14.4 Å². The second kappa shape index (κ2) is 20.7. The van der Waals surface area contributed by atoms with Crippen molar-refractivity contribution < 1.29 is 23.9 Å². The fourth-order valence-corrected chi connectivity index (χ4v) is 9.27. The standard InChI is InChI=1S/C51H65N4O5.Mg/c1-12-28(4)17-15-18-29(5)19-16-20-30(6)23-24-60-44(56)22-21-37-33(9)40-25-38-31(7)35(13-2)42(52-38)26-39-32(8)36(14-3)43(53-39)27-41-34(10)45-49(55-41)46(48(37)54-40)47(50(45)57)51(58)59-11;/h13,23,25-29,33,37,47H,2,12,14-22,24H2,1,3-11H3,(H-,54,55,57);/q-3;+2/p-1/b30-23+,39-26-,40-25-,43-27+;/t28-,29-,33+,37+,47-;/m1./s1. The van der Waals surface area contributed by atoms with Crippen molar-refractivity contribution in [3.8, 4) is 0 Å². The molecule has 8 bridgehead atoms. The molecule has 1 fully saturated rings. The van der Waals surface area contributed by atoms with Gasteiger partial charge >= 0.3 is 35.0 Å². The van der Waals surface area contributed by atoms with Crippen molar-refractivity contribution in [3.05, 3.63) is 102 Å². The molecule has 0 radical (unpaired) electrons. The number of esters is 2. The van der Waals surface area contributed by atoms with Crippen molar-refractivity contribution >= 4 is 70.7 Å². The van der Waals surface area contributed by atoms with Gasteiger partial charge in [0.2, 0.25) is 0 Å². The Labute approximate surface area is 379 Å². The molecule has 10 heteroatoms. The quantitative estimate of drug-likeness (QED) is 0.0571. The molecule has 3 aliphatic rings. The molecule has 5 heterocycles. The first kappa shape index (κ1) is 47.8. The average Bonchev–Trinajstić information content (AvgIpc) is 3.97. The normalized spacial score (nSPS) is 22.2. The summed E-state index contributed by atoms with van der Waals surface area (Å²) >= 11 is 0. The fraction of sp³-hybridized carbons (Fsp3) is 0.510. The summed E-state index contributed by atoms with van der Waals surface area (Å²) in [5.74, 6) is -1.51. The maximum atomic E-state index is 14.3. The summed E-state index contributed by atoms with van der Waals surface area (Å²) in [4.78, 5) is 56.4. The third-order valence-electron chi connectivity index (χ3n) is 13.4. The van der Waals surface area contributed by atoms with Gasteiger partial charge in [-0.1, -0.05) is 131 Å². The summed E-state index contributed by atoms with van der Waals surface area (Å²) in [6, 6.07) is 0. The zero-order valence-electron chi connectivity index (χ0n) is 38.3. The molecule has 5 atom stereocenters. The van der Waals surface area contributed by atoms with Crippen LogP contribution in [0.3, 0.4) is 0 Å². The SMILES string of the molecule is C=Cc1c2[n-]c(c1C)/C=C1\[N-]/C(=C3\c4[n-]c(c(C)c4C(=O)[C@@H]3C(=O)OC)/C=c3/[n-]/c(c(C)c3CC)=C\2)[C@@H](CCC(=O)OC/C=C(\C)CCC[C@H](C)CCC[C@H](C)CC)[C@@H]1C.[Mg+2]. The van der Waals surface area contributed by atoms with E-state index >= 15 is 0 Å². The van der Waals surface area contributed by atoms with E-state index in [-0.39, 0.29) is 59.7 Å². The smallest absolute Gasteiger partial charge is 0.664 e. The Kier molecular flexibility index (Phi) is 16.2. The fourth-order valence-electron chi connectivity index (χ4n) is 9.27. The van der Waals surface area contributed by atoms with Gasteiger partial charge in [0.25, 0.3) is 0 Å². The Balaban J connectivity index is 0.00000704. The predicted octanol–water partition coefficient (Wildman–Crippen LogP) is 8.95. The molecule has 61 heavy (non-hydrogen) atoms. The zero-order valence-corrected chi connectivity index (χ0v) is 39.7. The maximum Gasteiger partial charge on any atom is 2.00 e. The molecular weight excluding hydrogens is 773 g/mol. The Morgan fingerprint density at radius 1 is 0.885 bits per heavy atom. The molecule has 0 N–H and O–H groups in total. The van der Waals surface area contributed by atoms with E-state index in [1.807, 2.05) is 44.2 Å². The largest absolute Gasteiger partial charge is 2.00 e. The van der Waals surface area contributed by atoms with Crippen molar-refractivity contribution in [2.45, 2.75) is 127 Å². The minimum atomic E-state index is -1.22. The van der Waals surface area contributed by atoms with Crippen LogP contribution in [0.1, 0.15) is 160 Å². The topological polar surface area (TPSA) is 126 Å². The molecule has 3 aromatic heterocycles. The molecular formula is C51H64MgN4O5-2. The second-order valence-corrected chi connectivity index (χ2v) is 17.5. The molecule has 0 amide bonds. The van der Waals surface area contributed by atoms with Gasteiger partial charge in [0.05, 0.1) is 7.11 Å². The Morgan fingerprint density at radius 2 is 1.57 bits per heavy atom. The third kappa shape index (κ3) is 10.0. The number of ether oxygens (including phenoxy) is 2. The van der Waals surface area contributed by atoms with Crippen LogP contribution in [-0.4, -0.2) is 54.5 Å². The van der Waals surface area contributed by atoms with Crippen LogP contribution in [0.25, 0.3) is 35.2 Å². The van der Waals surface area contributed by atoms with Gasteiger partial charge in [0.1, 0.15) is 12.5 Å². The minimum Gasteiger partial charge on any atom is -0.664 e. The molecule has 0 aromatic carbocycles. The molecule has 9 nitrogen and oxygen atoms in total. The van der Waals surface area contributed by atoms with Crippen LogP contribution in [0.4, 0.5) is 0 Å². The number of carbonyl (C=O) groups is 3. The van der Waals surface area contributed by atoms with Crippen molar-refractivity contribution in [3.63, 3.8) is 0 Å². The molecule has 0 spiro atoms. The number of nitrogens with zero attached hydrogens (tertiary/aromatic N) is 4. The van der Waals surface area contributed by atoms with Crippen LogP contribution in [-0.2, 0) is 25.5 Å². The van der Waals surface area contributed by atoms with Crippen LogP contribution in [0.5, 0.6) is 0 Å². The summed E-state index contributed by atoms with van der Waals surface area (Å²) in [5, 5.41) is 6.82. The molecule has 2 aliphatic heterocycles. The number of hydrogen-bond acceptors (Lipinski definition) is 5. The van der Waals surface area contributed by atoms with E-state index in [0.717, 1.165) is 81.1 Å². The zero-order chi connectivity index (χ0) is 43.4. The van der Waals surface area contributed by atoms with Gasteiger partial charge in [-0.2, -0.15) is 11.4 Å². The Morgan fingerprint density at radius 3 is 2.26 bits per heavy atom. The summed E-state index contributed by atoms with van der Waals surface area (Å²) in [5.41, 5.74) is 10.7. The van der Waals surface area contributed by atoms with E-state index in [4.69, 9.17) is 29.7 Å². The number of Topliss-reactive ketones (excluding diaryl/α,β-unsaturated/α-hetero) is 1. The minimum absolute atomic E-state index is 0. The number of aromatic nitrogens is 3. The third-order valence-corrected chi connectivity index (χ3v) is 13.4. The van der Waals surface area contributed by atoms with Crippen molar-refractivity contribution in [1.82, 2.24) is 15.0 Å². The van der Waals surface area contributed by atoms with E-state index in [2.05, 4.69) is 55.0 Å². The van der Waals surface area contributed by atoms with Gasteiger partial charge < -0.3 is 29.7 Å². The summed E-state index contributed by atoms with van der Waals surface area (Å²) in [6.07, 6.45) is 19.5. The number of hydrogen-bond donors (Lipinski definition) is 0. The second-order valence-electron chi connectivity index (χ2n) is 17.5. The Bertz CT molecular complexity index is 2370. The van der Waals surface area contributed by atoms with Crippen LogP contribution < -0.4 is 25.7 Å². The predicted molar refractivity (Wildman–Crippen MR) is 246 cm³/mol. The van der Waals surface area contributed by atoms with Gasteiger partial charge in [-0.25, -0.2) is 0 Å². The Hall–Kier alpha value is -4.28. The molecule has 0 unspecified atom stereocenters. The van der Waals surface area contributed by atoms with Crippen molar-refractivity contribution in [2.75, 3.05) is 13.7 Å². The number of carbonyl (C=O) groups excluding carboxylic acids is 3. The van der Waals surface area contributed by atoms with E-state index < -0.39 is 11.9 Å². The first-order chi connectivity index (χ1) is 28.7. The van der Waals surface area contributed by atoms with Crippen molar-refractivity contribution in [1.29, 1.82) is 0 Å². The molecule has 6 rings (SSSR count). The van der Waals surface area contributed by atoms with Gasteiger partial charge in [0.15, 0.2) is 5.78 Å².